The zero-order valence-electron chi connectivity index (χ0n) is 42.2. The number of nitro benzene ring substituents is 2. The molecule has 0 spiro atoms. The number of phenolic OH excluding ortho intramolecular Hbond substituents is 1. The van der Waals surface area contributed by atoms with Crippen LogP contribution in [0.4, 0.5) is 11.4 Å². The predicted octanol–water partition coefficient (Wildman–Crippen LogP) is 14.2. The number of methoxy groups -OCH3 is 4. The molecule has 388 valence electrons. The second-order valence-corrected chi connectivity index (χ2v) is 16.0. The third-order valence-electron chi connectivity index (χ3n) is 10.8. The van der Waals surface area contributed by atoms with Crippen LogP contribution in [-0.4, -0.2) is 64.9 Å². The van der Waals surface area contributed by atoms with Gasteiger partial charge in [-0.25, -0.2) is 0 Å². The SMILES string of the molecule is COc1cccc(O)c1.COc1cccc(Oc2ccc([N+](=O)[O-])c(C)c2)c1.COc1cccc(Oc2ccc3[nH]ccc3c2)c1.COc1cccc(Oc2ccc3n[nH]c(C=O)c3c2)c1.Cc1ccccc1[N+](=O)[O-]. The van der Waals surface area contributed by atoms with Crippen LogP contribution in [0.15, 0.2) is 188 Å². The van der Waals surface area contributed by atoms with Crippen LogP contribution in [0.25, 0.3) is 21.8 Å². The summed E-state index contributed by atoms with van der Waals surface area (Å²) in [7, 11) is 6.39. The standard InChI is InChI=1S/C15H12N2O3.C15H13NO2.C14H13NO4.C7H7NO2.C7H8O2/c1-19-10-3-2-4-11(7-10)20-12-5-6-14-13(8-12)15(9-18)17-16-14;1-17-12-3-2-4-13(10-12)18-14-5-6-15-11(9-14)7-8-16-15;1-10-8-13(6-7-14(10)15(16)17)19-12-5-3-4-11(9-12)18-2;1-6-4-2-3-5-7(6)8(9)10;1-9-7-4-2-3-6(8)5-7/h2-9H,1H3,(H,16,17);2-10,16H,1H3;3-9H,1-2H3;2-5H,1H3;2-5,8H,1H3. The Balaban J connectivity index is 0.000000159. The maximum absolute atomic E-state index is 10.9. The summed E-state index contributed by atoms with van der Waals surface area (Å²) in [6, 6.07) is 53.4. The Morgan fingerprint density at radius 3 is 1.43 bits per heavy atom. The number of aromatic nitrogens is 3. The molecule has 76 heavy (non-hydrogen) atoms. The maximum atomic E-state index is 10.9. The van der Waals surface area contributed by atoms with Crippen LogP contribution in [0.2, 0.25) is 0 Å². The van der Waals surface area contributed by atoms with Gasteiger partial charge in [0.2, 0.25) is 0 Å². The number of ether oxygens (including phenoxy) is 7. The monoisotopic (exact) mass is 1030 g/mol. The first-order valence-electron chi connectivity index (χ1n) is 23.0. The van der Waals surface area contributed by atoms with Crippen LogP contribution in [0.3, 0.4) is 0 Å². The molecule has 0 saturated carbocycles. The Kier molecular flexibility index (Phi) is 19.9. The van der Waals surface area contributed by atoms with E-state index >= 15 is 0 Å². The number of aryl methyl sites for hydroxylation is 2. The number of aldehydes is 1. The van der Waals surface area contributed by atoms with Crippen molar-refractivity contribution in [2.45, 2.75) is 13.8 Å². The van der Waals surface area contributed by atoms with Crippen molar-refractivity contribution in [3.05, 3.63) is 225 Å². The van der Waals surface area contributed by atoms with Gasteiger partial charge >= 0.3 is 0 Å². The van der Waals surface area contributed by atoms with E-state index < -0.39 is 4.92 Å². The molecule has 2 heterocycles. The predicted molar refractivity (Wildman–Crippen MR) is 289 cm³/mol. The highest BCUT2D eigenvalue weighted by molar-refractivity contribution is 5.95. The van der Waals surface area contributed by atoms with Gasteiger partial charge in [0.25, 0.3) is 11.4 Å². The fourth-order valence-corrected chi connectivity index (χ4v) is 6.93. The smallest absolute Gasteiger partial charge is 0.272 e. The molecule has 3 N–H and O–H groups in total. The molecule has 0 fully saturated rings. The average Bonchev–Trinajstić information content (AvgIpc) is 4.08. The zero-order chi connectivity index (χ0) is 54.4. The number of benzene rings is 8. The van der Waals surface area contributed by atoms with Crippen molar-refractivity contribution in [2.24, 2.45) is 0 Å². The van der Waals surface area contributed by atoms with Gasteiger partial charge in [0.05, 0.1) is 43.8 Å². The number of nitrogens with zero attached hydrogens (tertiary/aromatic N) is 3. The molecular formula is C58H53N5O13. The van der Waals surface area contributed by atoms with Crippen LogP contribution in [0.5, 0.6) is 63.2 Å². The van der Waals surface area contributed by atoms with Crippen LogP contribution < -0.4 is 33.2 Å². The molecule has 0 bridgehead atoms. The number of nitro groups is 2. The molecule has 0 saturated heterocycles. The Morgan fingerprint density at radius 1 is 0.487 bits per heavy atom. The second kappa shape index (κ2) is 27.5. The number of aromatic hydroxyl groups is 1. The van der Waals surface area contributed by atoms with Gasteiger partial charge in [0.15, 0.2) is 6.29 Å². The lowest BCUT2D eigenvalue weighted by Gasteiger charge is -2.08. The molecule has 0 amide bonds. The fraction of sp³-hybridized carbons (Fsp3) is 0.103. The molecule has 0 atom stereocenters. The number of carbonyl (C=O) groups is 1. The van der Waals surface area contributed by atoms with Gasteiger partial charge in [-0.3, -0.25) is 30.1 Å². The van der Waals surface area contributed by atoms with Crippen molar-refractivity contribution in [3.63, 3.8) is 0 Å². The van der Waals surface area contributed by atoms with Crippen molar-refractivity contribution in [3.8, 4) is 63.2 Å². The van der Waals surface area contributed by atoms with Crippen LogP contribution >= 0.6 is 0 Å². The largest absolute Gasteiger partial charge is 0.508 e. The fourth-order valence-electron chi connectivity index (χ4n) is 6.93. The Bertz CT molecular complexity index is 3520. The van der Waals surface area contributed by atoms with Gasteiger partial charge in [-0.05, 0) is 117 Å². The van der Waals surface area contributed by atoms with E-state index in [0.29, 0.717) is 51.3 Å². The first kappa shape index (κ1) is 55.0. The van der Waals surface area contributed by atoms with Gasteiger partial charge in [0.1, 0.15) is 68.9 Å². The molecule has 0 aliphatic carbocycles. The van der Waals surface area contributed by atoms with Crippen molar-refractivity contribution < 1.29 is 52.9 Å². The van der Waals surface area contributed by atoms with E-state index in [0.717, 1.165) is 51.1 Å². The van der Waals surface area contributed by atoms with Crippen LogP contribution in [-0.2, 0) is 0 Å². The number of hydrogen-bond donors (Lipinski definition) is 3. The molecule has 18 nitrogen and oxygen atoms in total. The van der Waals surface area contributed by atoms with Crippen molar-refractivity contribution in [1.82, 2.24) is 15.2 Å². The molecule has 8 aromatic carbocycles. The second-order valence-electron chi connectivity index (χ2n) is 16.0. The van der Waals surface area contributed by atoms with E-state index in [-0.39, 0.29) is 22.0 Å². The highest BCUT2D eigenvalue weighted by Gasteiger charge is 2.12. The lowest BCUT2D eigenvalue weighted by molar-refractivity contribution is -0.385. The number of phenols is 1. The van der Waals surface area contributed by atoms with Crippen LogP contribution in [0.1, 0.15) is 21.6 Å². The number of H-pyrrole nitrogens is 2. The Labute approximate surface area is 436 Å². The molecule has 0 aliphatic heterocycles. The third kappa shape index (κ3) is 16.1. The number of para-hydroxylation sites is 1. The molecule has 0 aliphatic rings. The number of aromatic amines is 2. The summed E-state index contributed by atoms with van der Waals surface area (Å²) >= 11 is 0. The number of carbonyl (C=O) groups excluding carboxylic acids is 1. The molecule has 0 radical (unpaired) electrons. The number of hydrogen-bond acceptors (Lipinski definition) is 14. The number of fused-ring (bicyclic) bond motifs is 2. The van der Waals surface area contributed by atoms with E-state index in [4.69, 9.17) is 38.3 Å². The summed E-state index contributed by atoms with van der Waals surface area (Å²) in [5.41, 5.74) is 3.80. The Morgan fingerprint density at radius 2 is 0.947 bits per heavy atom. The van der Waals surface area contributed by atoms with Gasteiger partial charge in [-0.1, -0.05) is 42.5 Å². The molecule has 10 aromatic rings. The molecular weight excluding hydrogens is 975 g/mol. The highest BCUT2D eigenvalue weighted by Crippen LogP contribution is 2.31. The van der Waals surface area contributed by atoms with E-state index in [1.807, 2.05) is 85.1 Å². The average molecular weight is 1030 g/mol. The van der Waals surface area contributed by atoms with Crippen molar-refractivity contribution in [1.29, 1.82) is 0 Å². The molecule has 18 heteroatoms. The summed E-state index contributed by atoms with van der Waals surface area (Å²) in [5, 5.41) is 38.4. The maximum Gasteiger partial charge on any atom is 0.272 e. The third-order valence-corrected chi connectivity index (χ3v) is 10.8. The summed E-state index contributed by atoms with van der Waals surface area (Å²) in [6.07, 6.45) is 2.66. The molecule has 2 aromatic heterocycles. The molecule has 10 rings (SSSR count). The van der Waals surface area contributed by atoms with E-state index in [1.165, 1.54) is 12.1 Å². The zero-order valence-corrected chi connectivity index (χ0v) is 42.2. The van der Waals surface area contributed by atoms with Gasteiger partial charge in [-0.15, -0.1) is 0 Å². The minimum atomic E-state index is -0.412. The van der Waals surface area contributed by atoms with Gasteiger partial charge in [0, 0.05) is 70.0 Å². The summed E-state index contributed by atoms with van der Waals surface area (Å²) < 4.78 is 37.4. The summed E-state index contributed by atoms with van der Waals surface area (Å²) in [5.74, 6) is 7.16. The summed E-state index contributed by atoms with van der Waals surface area (Å²) in [6.45, 7) is 3.40. The summed E-state index contributed by atoms with van der Waals surface area (Å²) in [4.78, 5) is 34.2. The topological polar surface area (TPSA) is 233 Å². The first-order chi connectivity index (χ1) is 36.8. The Hall–Kier alpha value is -10.4. The van der Waals surface area contributed by atoms with Crippen molar-refractivity contribution >= 4 is 39.5 Å². The highest BCUT2D eigenvalue weighted by atomic mass is 16.6. The minimum Gasteiger partial charge on any atom is -0.508 e. The number of rotatable bonds is 13. The quantitative estimate of drug-likeness (QED) is 0.0554. The van der Waals surface area contributed by atoms with Crippen molar-refractivity contribution in [2.75, 3.05) is 28.4 Å². The first-order valence-corrected chi connectivity index (χ1v) is 23.0. The van der Waals surface area contributed by atoms with E-state index in [2.05, 4.69) is 15.2 Å². The lowest BCUT2D eigenvalue weighted by atomic mass is 10.2. The minimum absolute atomic E-state index is 0.0815. The van der Waals surface area contributed by atoms with E-state index in [1.54, 1.807) is 133 Å². The normalized spacial score (nSPS) is 10.0. The van der Waals surface area contributed by atoms with Gasteiger partial charge < -0.3 is 43.2 Å². The van der Waals surface area contributed by atoms with Crippen LogP contribution in [0, 0.1) is 34.1 Å². The lowest BCUT2D eigenvalue weighted by Crippen LogP contribution is -1.92. The van der Waals surface area contributed by atoms with E-state index in [9.17, 15) is 25.0 Å². The van der Waals surface area contributed by atoms with Gasteiger partial charge in [-0.2, -0.15) is 5.10 Å². The molecule has 0 unspecified atom stereocenters. The number of nitrogens with one attached hydrogen (secondary N) is 2.